The summed E-state index contributed by atoms with van der Waals surface area (Å²) >= 11 is 0. The lowest BCUT2D eigenvalue weighted by molar-refractivity contribution is 0.0936. The van der Waals surface area contributed by atoms with Crippen LogP contribution in [-0.2, 0) is 0 Å². The lowest BCUT2D eigenvalue weighted by Gasteiger charge is -1.87. The van der Waals surface area contributed by atoms with Crippen molar-refractivity contribution in [2.24, 2.45) is 0 Å². The Morgan fingerprint density at radius 3 is 2.78 bits per heavy atom. The molecule has 0 unspecified atom stereocenters. The highest BCUT2D eigenvalue weighted by Gasteiger charge is 1.97. The largest absolute Gasteiger partial charge is 0.274 e. The Labute approximate surface area is 51.1 Å². The Kier molecular flexibility index (Phi) is 1.30. The summed E-state index contributed by atoms with van der Waals surface area (Å²) in [6.07, 6.45) is 2.17. The van der Waals surface area contributed by atoms with Crippen LogP contribution in [0.3, 0.4) is 0 Å². The van der Waals surface area contributed by atoms with Gasteiger partial charge < -0.3 is 0 Å². The highest BCUT2D eigenvalue weighted by molar-refractivity contribution is 5.75. The maximum Gasteiger partial charge on any atom is 0.231 e. The smallest absolute Gasteiger partial charge is 0.231 e. The number of imidazole rings is 1. The lowest BCUT2D eigenvalue weighted by atomic mass is 10.7. The number of carbonyl (C=O) groups excluding carboxylic acids is 1. The van der Waals surface area contributed by atoms with Gasteiger partial charge in [0.05, 0.1) is 6.20 Å². The third-order valence-corrected chi connectivity index (χ3v) is 0.915. The molecule has 0 radical (unpaired) electrons. The second kappa shape index (κ2) is 1.97. The fourth-order valence-electron chi connectivity index (χ4n) is 0.471. The first-order valence-corrected chi connectivity index (χ1v) is 2.40. The SMILES string of the molecule is CC(=O)n1cnc(F)c1. The molecule has 1 aromatic rings. The van der Waals surface area contributed by atoms with Gasteiger partial charge in [0.2, 0.25) is 11.9 Å². The van der Waals surface area contributed by atoms with Crippen LogP contribution in [0, 0.1) is 5.95 Å². The first kappa shape index (κ1) is 5.94. The Morgan fingerprint density at radius 1 is 1.89 bits per heavy atom. The van der Waals surface area contributed by atoms with Gasteiger partial charge in [0.25, 0.3) is 0 Å². The summed E-state index contributed by atoms with van der Waals surface area (Å²) in [6.45, 7) is 1.33. The Bertz CT molecular complexity index is 231. The third-order valence-electron chi connectivity index (χ3n) is 0.915. The number of rotatable bonds is 0. The van der Waals surface area contributed by atoms with Gasteiger partial charge in [-0.15, -0.1) is 0 Å². The minimum Gasteiger partial charge on any atom is -0.274 e. The van der Waals surface area contributed by atoms with Gasteiger partial charge in [0.1, 0.15) is 6.33 Å². The highest BCUT2D eigenvalue weighted by Crippen LogP contribution is 1.91. The molecule has 0 amide bonds. The van der Waals surface area contributed by atoms with Crippen molar-refractivity contribution in [3.8, 4) is 0 Å². The van der Waals surface area contributed by atoms with Crippen molar-refractivity contribution in [2.45, 2.75) is 6.92 Å². The molecule has 1 aromatic heterocycles. The summed E-state index contributed by atoms with van der Waals surface area (Å²) in [5.41, 5.74) is 0. The average molecular weight is 128 g/mol. The number of nitrogens with zero attached hydrogens (tertiary/aromatic N) is 2. The van der Waals surface area contributed by atoms with Crippen molar-refractivity contribution in [1.82, 2.24) is 9.55 Å². The predicted octanol–water partition coefficient (Wildman–Crippen LogP) is 0.682. The van der Waals surface area contributed by atoms with Crippen molar-refractivity contribution in [3.63, 3.8) is 0 Å². The molecule has 0 bridgehead atoms. The zero-order valence-electron chi connectivity index (χ0n) is 4.84. The molecule has 0 aliphatic carbocycles. The minimum absolute atomic E-state index is 0.244. The van der Waals surface area contributed by atoms with Gasteiger partial charge in [0, 0.05) is 6.92 Å². The van der Waals surface area contributed by atoms with Crippen molar-refractivity contribution >= 4 is 5.91 Å². The van der Waals surface area contributed by atoms with Crippen molar-refractivity contribution < 1.29 is 9.18 Å². The van der Waals surface area contributed by atoms with Crippen LogP contribution in [0.15, 0.2) is 12.5 Å². The molecule has 3 nitrogen and oxygen atoms in total. The van der Waals surface area contributed by atoms with E-state index in [9.17, 15) is 9.18 Å². The zero-order chi connectivity index (χ0) is 6.85. The minimum atomic E-state index is -0.634. The van der Waals surface area contributed by atoms with E-state index in [1.165, 1.54) is 6.92 Å². The van der Waals surface area contributed by atoms with Crippen LogP contribution >= 0.6 is 0 Å². The average Bonchev–Trinajstić information content (AvgIpc) is 2.14. The van der Waals surface area contributed by atoms with E-state index in [0.29, 0.717) is 0 Å². The van der Waals surface area contributed by atoms with Crippen molar-refractivity contribution in [2.75, 3.05) is 0 Å². The standard InChI is InChI=1S/C5H5FN2O/c1-4(9)8-2-5(6)7-3-8/h2-3H,1H3. The van der Waals surface area contributed by atoms with Gasteiger partial charge in [-0.25, -0.2) is 4.98 Å². The molecule has 1 heterocycles. The van der Waals surface area contributed by atoms with Crippen molar-refractivity contribution in [1.29, 1.82) is 0 Å². The molecule has 0 saturated carbocycles. The van der Waals surface area contributed by atoms with E-state index in [0.717, 1.165) is 17.1 Å². The van der Waals surface area contributed by atoms with Crippen molar-refractivity contribution in [3.05, 3.63) is 18.5 Å². The Balaban J connectivity index is 2.98. The fraction of sp³-hybridized carbons (Fsp3) is 0.200. The van der Waals surface area contributed by atoms with Gasteiger partial charge >= 0.3 is 0 Å². The van der Waals surface area contributed by atoms with E-state index in [4.69, 9.17) is 0 Å². The molecule has 4 heteroatoms. The van der Waals surface area contributed by atoms with E-state index >= 15 is 0 Å². The molecule has 0 saturated heterocycles. The Morgan fingerprint density at radius 2 is 2.56 bits per heavy atom. The van der Waals surface area contributed by atoms with E-state index in [1.54, 1.807) is 0 Å². The molecular formula is C5H5FN2O. The molecule has 9 heavy (non-hydrogen) atoms. The predicted molar refractivity (Wildman–Crippen MR) is 28.5 cm³/mol. The van der Waals surface area contributed by atoms with Gasteiger partial charge in [-0.3, -0.25) is 9.36 Å². The number of hydrogen-bond acceptors (Lipinski definition) is 2. The summed E-state index contributed by atoms with van der Waals surface area (Å²) < 4.78 is 13.1. The first-order chi connectivity index (χ1) is 4.20. The number of carbonyl (C=O) groups is 1. The quantitative estimate of drug-likeness (QED) is 0.515. The first-order valence-electron chi connectivity index (χ1n) is 2.40. The van der Waals surface area contributed by atoms with Crippen LogP contribution in [-0.4, -0.2) is 15.5 Å². The number of halogens is 1. The van der Waals surface area contributed by atoms with Crippen LogP contribution in [0.1, 0.15) is 11.7 Å². The third kappa shape index (κ3) is 1.13. The van der Waals surface area contributed by atoms with E-state index < -0.39 is 5.95 Å². The molecular weight excluding hydrogens is 123 g/mol. The summed E-state index contributed by atoms with van der Waals surface area (Å²) in [4.78, 5) is 13.6. The molecule has 0 spiro atoms. The molecule has 0 atom stereocenters. The number of hydrogen-bond donors (Lipinski definition) is 0. The maximum absolute atomic E-state index is 12.0. The molecule has 0 aromatic carbocycles. The molecule has 1 rings (SSSR count). The summed E-state index contributed by atoms with van der Waals surface area (Å²) in [6, 6.07) is 0. The number of aromatic nitrogens is 2. The Hall–Kier alpha value is -1.19. The molecule has 0 aliphatic rings. The fourth-order valence-corrected chi connectivity index (χ4v) is 0.471. The summed E-state index contributed by atoms with van der Waals surface area (Å²) in [5.74, 6) is -0.878. The second-order valence-corrected chi connectivity index (χ2v) is 1.62. The normalized spacial score (nSPS) is 9.56. The van der Waals surface area contributed by atoms with Crippen LogP contribution in [0.25, 0.3) is 0 Å². The molecule has 48 valence electrons. The maximum atomic E-state index is 12.0. The second-order valence-electron chi connectivity index (χ2n) is 1.62. The van der Waals surface area contributed by atoms with Gasteiger partial charge in [-0.05, 0) is 0 Å². The van der Waals surface area contributed by atoms with Crippen LogP contribution in [0.2, 0.25) is 0 Å². The van der Waals surface area contributed by atoms with Crippen LogP contribution in [0.5, 0.6) is 0 Å². The van der Waals surface area contributed by atoms with Gasteiger partial charge in [-0.1, -0.05) is 0 Å². The summed E-state index contributed by atoms with van der Waals surface area (Å²) in [5, 5.41) is 0. The monoisotopic (exact) mass is 128 g/mol. The molecule has 0 N–H and O–H groups in total. The topological polar surface area (TPSA) is 34.9 Å². The van der Waals surface area contributed by atoms with Crippen LogP contribution in [0.4, 0.5) is 4.39 Å². The highest BCUT2D eigenvalue weighted by atomic mass is 19.1. The van der Waals surface area contributed by atoms with Gasteiger partial charge in [0.15, 0.2) is 0 Å². The van der Waals surface area contributed by atoms with E-state index in [-0.39, 0.29) is 5.91 Å². The zero-order valence-corrected chi connectivity index (χ0v) is 4.84. The van der Waals surface area contributed by atoms with E-state index in [1.807, 2.05) is 0 Å². The molecule has 0 aliphatic heterocycles. The molecule has 0 fully saturated rings. The van der Waals surface area contributed by atoms with Gasteiger partial charge in [-0.2, -0.15) is 4.39 Å². The van der Waals surface area contributed by atoms with Crippen LogP contribution < -0.4 is 0 Å². The van der Waals surface area contributed by atoms with E-state index in [2.05, 4.69) is 4.98 Å². The lowest BCUT2D eigenvalue weighted by Crippen LogP contribution is -2.00. The summed E-state index contributed by atoms with van der Waals surface area (Å²) in [7, 11) is 0.